The minimum atomic E-state index is -2.33. The van der Waals surface area contributed by atoms with Crippen LogP contribution in [0.1, 0.15) is 0 Å². The zero-order valence-electron chi connectivity index (χ0n) is 3.93. The summed E-state index contributed by atoms with van der Waals surface area (Å²) in [5.41, 5.74) is 0. The Morgan fingerprint density at radius 1 is 1.29 bits per heavy atom. The van der Waals surface area contributed by atoms with Crippen LogP contribution in [0.4, 0.5) is 4.79 Å². The SMILES string of the molecule is O.O=C([O-])[O-].[Na+].[Zn+2]. The predicted octanol–water partition coefficient (Wildman–Crippen LogP) is -6.27. The van der Waals surface area contributed by atoms with Crippen molar-refractivity contribution >= 4 is 6.16 Å². The number of carbonyl (C=O) groups excluding carboxylic acids is 1. The molecule has 0 aliphatic carbocycles. The van der Waals surface area contributed by atoms with Gasteiger partial charge < -0.3 is 20.5 Å². The average molecular weight is 166 g/mol. The van der Waals surface area contributed by atoms with Gasteiger partial charge in [0.25, 0.3) is 0 Å². The first kappa shape index (κ1) is 24.8. The number of hydrogen-bond acceptors (Lipinski definition) is 3. The second-order valence-electron chi connectivity index (χ2n) is 0.250. The number of carboxylic acid groups (broad SMARTS) is 2. The summed E-state index contributed by atoms with van der Waals surface area (Å²) in [5, 5.41) is 16.7. The standard InChI is InChI=1S/CH2O3.Na.H2O.Zn/c2-1(3)4;;;/h(H2,2,3,4);;1H2;/q;+1;;+2/p-2. The Hall–Kier alpha value is 0.853. The summed E-state index contributed by atoms with van der Waals surface area (Å²) in [6.45, 7) is 0. The minimum absolute atomic E-state index is 0. The Balaban J connectivity index is -0.0000000150. The van der Waals surface area contributed by atoms with E-state index in [-0.39, 0.29) is 54.5 Å². The maximum Gasteiger partial charge on any atom is 2.00 e. The van der Waals surface area contributed by atoms with Gasteiger partial charge in [-0.2, -0.15) is 0 Å². The molecule has 0 bridgehead atoms. The van der Waals surface area contributed by atoms with Crippen LogP contribution < -0.4 is 39.8 Å². The van der Waals surface area contributed by atoms with E-state index in [4.69, 9.17) is 15.0 Å². The summed E-state index contributed by atoms with van der Waals surface area (Å²) in [5.74, 6) is 0. The van der Waals surface area contributed by atoms with E-state index in [1.54, 1.807) is 0 Å². The molecule has 0 aromatic carbocycles. The van der Waals surface area contributed by atoms with Gasteiger partial charge in [0.05, 0.1) is 0 Å². The first-order chi connectivity index (χ1) is 1.73. The number of hydrogen-bond donors (Lipinski definition) is 0. The predicted molar refractivity (Wildman–Crippen MR) is 9.01 cm³/mol. The fraction of sp³-hybridized carbons (Fsp3) is 0. The summed E-state index contributed by atoms with van der Waals surface area (Å²) in [6.07, 6.45) is -2.33. The Bertz CT molecular complexity index is 34.7. The van der Waals surface area contributed by atoms with Crippen LogP contribution in [0.3, 0.4) is 0 Å². The first-order valence-electron chi connectivity index (χ1n) is 0.612. The molecule has 2 N–H and O–H groups in total. The molecule has 0 radical (unpaired) electrons. The Kier molecular flexibility index (Phi) is 56.1. The van der Waals surface area contributed by atoms with Gasteiger partial charge in [0.1, 0.15) is 0 Å². The third-order valence-electron chi connectivity index (χ3n) is 0. The van der Waals surface area contributed by atoms with E-state index in [1.165, 1.54) is 0 Å². The fourth-order valence-electron chi connectivity index (χ4n) is 0. The molecule has 0 saturated carbocycles. The van der Waals surface area contributed by atoms with Crippen LogP contribution >= 0.6 is 0 Å². The molecular weight excluding hydrogens is 164 g/mol. The molecule has 0 atom stereocenters. The molecule has 0 rings (SSSR count). The molecule has 0 heterocycles. The topological polar surface area (TPSA) is 94.7 Å². The molecule has 0 amide bonds. The summed E-state index contributed by atoms with van der Waals surface area (Å²) in [4.78, 5) is 8.33. The second-order valence-corrected chi connectivity index (χ2v) is 0.250. The summed E-state index contributed by atoms with van der Waals surface area (Å²) in [7, 11) is 0. The van der Waals surface area contributed by atoms with E-state index in [0.29, 0.717) is 0 Å². The molecule has 0 fully saturated rings. The van der Waals surface area contributed by atoms with Crippen molar-refractivity contribution in [3.05, 3.63) is 0 Å². The summed E-state index contributed by atoms with van der Waals surface area (Å²) in [6, 6.07) is 0. The molecular formula is CH2NaO4Zn+. The molecule has 0 aliphatic heterocycles. The van der Waals surface area contributed by atoms with Gasteiger partial charge in [0.15, 0.2) is 0 Å². The average Bonchev–Trinajstić information content (AvgIpc) is 0.811. The minimum Gasteiger partial charge on any atom is -0.652 e. The van der Waals surface area contributed by atoms with Crippen LogP contribution in [0.5, 0.6) is 0 Å². The number of carbonyl (C=O) groups is 1. The van der Waals surface area contributed by atoms with Gasteiger partial charge in [0, 0.05) is 0 Å². The Morgan fingerprint density at radius 2 is 1.29 bits per heavy atom. The van der Waals surface area contributed by atoms with Crippen LogP contribution in [-0.4, -0.2) is 11.6 Å². The molecule has 0 unspecified atom stereocenters. The quantitative estimate of drug-likeness (QED) is 0.335. The molecule has 6 heteroatoms. The van der Waals surface area contributed by atoms with Crippen molar-refractivity contribution in [1.29, 1.82) is 0 Å². The van der Waals surface area contributed by atoms with Crippen molar-refractivity contribution in [3.8, 4) is 0 Å². The molecule has 0 spiro atoms. The molecule has 0 aromatic rings. The Labute approximate surface area is 75.3 Å². The van der Waals surface area contributed by atoms with Crippen LogP contribution in [0.15, 0.2) is 0 Å². The van der Waals surface area contributed by atoms with Crippen molar-refractivity contribution in [1.82, 2.24) is 0 Å². The van der Waals surface area contributed by atoms with E-state index in [1.807, 2.05) is 0 Å². The van der Waals surface area contributed by atoms with Crippen LogP contribution in [0.2, 0.25) is 0 Å². The zero-order valence-corrected chi connectivity index (χ0v) is 8.90. The zero-order chi connectivity index (χ0) is 3.58. The summed E-state index contributed by atoms with van der Waals surface area (Å²) >= 11 is 0. The van der Waals surface area contributed by atoms with Crippen molar-refractivity contribution in [2.24, 2.45) is 0 Å². The maximum atomic E-state index is 8.33. The molecule has 32 valence electrons. The van der Waals surface area contributed by atoms with E-state index in [0.717, 1.165) is 0 Å². The molecule has 4 nitrogen and oxygen atoms in total. The fourth-order valence-corrected chi connectivity index (χ4v) is 0. The van der Waals surface area contributed by atoms with Crippen molar-refractivity contribution in [2.75, 3.05) is 0 Å². The third kappa shape index (κ3) is 222. The van der Waals surface area contributed by atoms with Gasteiger partial charge in [-0.25, -0.2) is 0 Å². The third-order valence-corrected chi connectivity index (χ3v) is 0. The monoisotopic (exact) mass is 165 g/mol. The van der Waals surface area contributed by atoms with Gasteiger partial charge in [-0.3, -0.25) is 0 Å². The van der Waals surface area contributed by atoms with E-state index in [2.05, 4.69) is 0 Å². The van der Waals surface area contributed by atoms with Gasteiger partial charge in [-0.15, -0.1) is 0 Å². The second kappa shape index (κ2) is 15.8. The molecule has 0 aliphatic rings. The molecule has 7 heavy (non-hydrogen) atoms. The maximum absolute atomic E-state index is 8.33. The molecule has 0 saturated heterocycles. The van der Waals surface area contributed by atoms with Crippen LogP contribution in [-0.2, 0) is 19.5 Å². The smallest absolute Gasteiger partial charge is 0.652 e. The Morgan fingerprint density at radius 3 is 1.29 bits per heavy atom. The van der Waals surface area contributed by atoms with Crippen LogP contribution in [0.25, 0.3) is 0 Å². The number of rotatable bonds is 0. The van der Waals surface area contributed by atoms with E-state index >= 15 is 0 Å². The van der Waals surface area contributed by atoms with Gasteiger partial charge in [-0.05, 0) is 6.16 Å². The van der Waals surface area contributed by atoms with Crippen molar-refractivity contribution in [2.45, 2.75) is 0 Å². The largest absolute Gasteiger partial charge is 2.00 e. The van der Waals surface area contributed by atoms with Crippen molar-refractivity contribution < 1.29 is 69.5 Å². The van der Waals surface area contributed by atoms with Gasteiger partial charge in [0.2, 0.25) is 0 Å². The molecule has 0 aromatic heterocycles. The van der Waals surface area contributed by atoms with Gasteiger partial charge in [-0.1, -0.05) is 0 Å². The first-order valence-corrected chi connectivity index (χ1v) is 0.612. The van der Waals surface area contributed by atoms with Crippen molar-refractivity contribution in [3.63, 3.8) is 0 Å². The normalized spacial score (nSPS) is 3.43. The summed E-state index contributed by atoms with van der Waals surface area (Å²) < 4.78 is 0. The van der Waals surface area contributed by atoms with Crippen LogP contribution in [0, 0.1) is 0 Å². The van der Waals surface area contributed by atoms with E-state index in [9.17, 15) is 0 Å². The van der Waals surface area contributed by atoms with Gasteiger partial charge >= 0.3 is 49.0 Å². The van der Waals surface area contributed by atoms with E-state index < -0.39 is 6.16 Å².